The molecule has 2 aromatic rings. The van der Waals surface area contributed by atoms with E-state index in [0.29, 0.717) is 13.1 Å². The van der Waals surface area contributed by atoms with Crippen molar-refractivity contribution in [1.29, 1.82) is 0 Å². The van der Waals surface area contributed by atoms with E-state index in [-0.39, 0.29) is 17.8 Å². The summed E-state index contributed by atoms with van der Waals surface area (Å²) in [6.07, 6.45) is 5.07. The molecular weight excluding hydrogens is 327 g/mol. The summed E-state index contributed by atoms with van der Waals surface area (Å²) in [4.78, 5) is 14.5. The Kier molecular flexibility index (Phi) is 6.64. The molecule has 138 valence electrons. The Labute approximate surface area is 155 Å². The first-order chi connectivity index (χ1) is 12.7. The van der Waals surface area contributed by atoms with Crippen molar-refractivity contribution < 1.29 is 9.18 Å². The van der Waals surface area contributed by atoms with Crippen LogP contribution in [0.25, 0.3) is 0 Å². The maximum absolute atomic E-state index is 13.2. The van der Waals surface area contributed by atoms with Crippen molar-refractivity contribution in [2.24, 2.45) is 0 Å². The van der Waals surface area contributed by atoms with Crippen LogP contribution in [0.15, 0.2) is 54.6 Å². The first-order valence-electron chi connectivity index (χ1n) is 9.54. The lowest BCUT2D eigenvalue weighted by atomic mass is 9.94. The van der Waals surface area contributed by atoms with Crippen LogP contribution in [0.5, 0.6) is 0 Å². The van der Waals surface area contributed by atoms with E-state index in [4.69, 9.17) is 0 Å². The molecule has 0 aliphatic carbocycles. The monoisotopic (exact) mass is 354 g/mol. The quantitative estimate of drug-likeness (QED) is 0.773. The zero-order valence-electron chi connectivity index (χ0n) is 15.2. The van der Waals surface area contributed by atoms with Crippen molar-refractivity contribution >= 4 is 6.03 Å². The molecule has 2 aromatic carbocycles. The average Bonchev–Trinajstić information content (AvgIpc) is 2.93. The fourth-order valence-corrected chi connectivity index (χ4v) is 3.58. The summed E-state index contributed by atoms with van der Waals surface area (Å²) < 4.78 is 13.2. The van der Waals surface area contributed by atoms with Crippen LogP contribution >= 0.6 is 0 Å². The number of nitrogens with one attached hydrogen (secondary N) is 1. The van der Waals surface area contributed by atoms with Gasteiger partial charge < -0.3 is 10.2 Å². The van der Waals surface area contributed by atoms with Gasteiger partial charge in [-0.25, -0.2) is 9.18 Å². The molecule has 0 saturated carbocycles. The number of hydrogen-bond acceptors (Lipinski definition) is 1. The summed E-state index contributed by atoms with van der Waals surface area (Å²) >= 11 is 0. The lowest BCUT2D eigenvalue weighted by molar-refractivity contribution is 0.197. The van der Waals surface area contributed by atoms with E-state index >= 15 is 0 Å². The number of hydrogen-bond donors (Lipinski definition) is 1. The summed E-state index contributed by atoms with van der Waals surface area (Å²) in [6, 6.07) is 17.1. The largest absolute Gasteiger partial charge is 0.338 e. The highest BCUT2D eigenvalue weighted by Crippen LogP contribution is 2.26. The lowest BCUT2D eigenvalue weighted by Crippen LogP contribution is -2.42. The third-order valence-corrected chi connectivity index (χ3v) is 5.06. The molecule has 0 bridgehead atoms. The molecule has 4 heteroatoms. The Bertz CT molecular complexity index is 687. The van der Waals surface area contributed by atoms with Gasteiger partial charge in [-0.15, -0.1) is 0 Å². The summed E-state index contributed by atoms with van der Waals surface area (Å²) in [5.74, 6) is 0.0727. The van der Waals surface area contributed by atoms with Crippen LogP contribution in [0, 0.1) is 5.82 Å². The third-order valence-electron chi connectivity index (χ3n) is 5.06. The molecule has 26 heavy (non-hydrogen) atoms. The summed E-state index contributed by atoms with van der Waals surface area (Å²) in [6.45, 7) is 2.18. The zero-order chi connectivity index (χ0) is 18.2. The smallest absolute Gasteiger partial charge is 0.317 e. The normalized spacial score (nSPS) is 17.6. The molecule has 0 aromatic heterocycles. The van der Waals surface area contributed by atoms with Gasteiger partial charge in [-0.3, -0.25) is 0 Å². The van der Waals surface area contributed by atoms with Crippen molar-refractivity contribution in [2.75, 3.05) is 19.6 Å². The van der Waals surface area contributed by atoms with Gasteiger partial charge in [0.2, 0.25) is 0 Å². The molecule has 1 unspecified atom stereocenters. The van der Waals surface area contributed by atoms with Gasteiger partial charge in [0.25, 0.3) is 0 Å². The molecule has 3 rings (SSSR count). The lowest BCUT2D eigenvalue weighted by Gasteiger charge is -2.25. The maximum Gasteiger partial charge on any atom is 0.317 e. The average molecular weight is 354 g/mol. The Morgan fingerprint density at radius 2 is 1.85 bits per heavy atom. The topological polar surface area (TPSA) is 32.3 Å². The predicted octanol–water partition coefficient (Wildman–Crippen LogP) is 4.74. The number of carbonyl (C=O) groups excluding carboxylic acids is 1. The number of urea groups is 1. The van der Waals surface area contributed by atoms with Gasteiger partial charge in [-0.05, 0) is 48.9 Å². The number of aryl methyl sites for hydroxylation is 1. The molecule has 1 N–H and O–H groups in total. The Morgan fingerprint density at radius 3 is 2.62 bits per heavy atom. The number of nitrogens with zero attached hydrogens (tertiary/aromatic N) is 1. The Balaban J connectivity index is 1.48. The Morgan fingerprint density at radius 1 is 1.08 bits per heavy atom. The molecule has 1 fully saturated rings. The molecule has 1 aliphatic heterocycles. The van der Waals surface area contributed by atoms with Crippen molar-refractivity contribution in [3.63, 3.8) is 0 Å². The fraction of sp³-hybridized carbons (Fsp3) is 0.409. The molecule has 1 heterocycles. The van der Waals surface area contributed by atoms with Crippen molar-refractivity contribution in [1.82, 2.24) is 10.2 Å². The van der Waals surface area contributed by atoms with E-state index in [0.717, 1.165) is 44.2 Å². The minimum Gasteiger partial charge on any atom is -0.338 e. The zero-order valence-corrected chi connectivity index (χ0v) is 15.2. The van der Waals surface area contributed by atoms with E-state index in [1.165, 1.54) is 17.7 Å². The van der Waals surface area contributed by atoms with Crippen molar-refractivity contribution in [3.05, 3.63) is 71.5 Å². The minimum absolute atomic E-state index is 0.0204. The number of likely N-dealkylation sites (tertiary alicyclic amines) is 1. The van der Waals surface area contributed by atoms with E-state index < -0.39 is 0 Å². The van der Waals surface area contributed by atoms with Gasteiger partial charge in [0.05, 0.1) is 0 Å². The van der Waals surface area contributed by atoms with E-state index in [2.05, 4.69) is 17.4 Å². The predicted molar refractivity (Wildman–Crippen MR) is 103 cm³/mol. The van der Waals surface area contributed by atoms with Gasteiger partial charge in [0.15, 0.2) is 0 Å². The molecule has 2 amide bonds. The molecule has 3 nitrogen and oxygen atoms in total. The van der Waals surface area contributed by atoms with Crippen molar-refractivity contribution in [3.8, 4) is 0 Å². The highest BCUT2D eigenvalue weighted by molar-refractivity contribution is 5.74. The SMILES string of the molecule is O=C(NCCCc1ccccc1)N1CCCCC(c2ccc(F)cc2)C1. The van der Waals surface area contributed by atoms with Gasteiger partial charge in [-0.1, -0.05) is 48.9 Å². The number of halogens is 1. The molecule has 1 saturated heterocycles. The van der Waals surface area contributed by atoms with E-state index in [1.807, 2.05) is 35.2 Å². The fourth-order valence-electron chi connectivity index (χ4n) is 3.58. The second-order valence-corrected chi connectivity index (χ2v) is 7.01. The van der Waals surface area contributed by atoms with Gasteiger partial charge in [0.1, 0.15) is 5.82 Å². The van der Waals surface area contributed by atoms with Crippen LogP contribution < -0.4 is 5.32 Å². The maximum atomic E-state index is 13.2. The van der Waals surface area contributed by atoms with Gasteiger partial charge >= 0.3 is 6.03 Å². The highest BCUT2D eigenvalue weighted by Gasteiger charge is 2.22. The second-order valence-electron chi connectivity index (χ2n) is 7.01. The second kappa shape index (κ2) is 9.37. The molecule has 1 atom stereocenters. The minimum atomic E-state index is -0.213. The number of benzene rings is 2. The summed E-state index contributed by atoms with van der Waals surface area (Å²) in [5.41, 5.74) is 2.42. The molecular formula is C22H27FN2O. The summed E-state index contributed by atoms with van der Waals surface area (Å²) in [5, 5.41) is 3.06. The highest BCUT2D eigenvalue weighted by atomic mass is 19.1. The number of carbonyl (C=O) groups is 1. The van der Waals surface area contributed by atoms with E-state index in [9.17, 15) is 9.18 Å². The van der Waals surface area contributed by atoms with Gasteiger partial charge in [0, 0.05) is 25.6 Å². The Hall–Kier alpha value is -2.36. The van der Waals surface area contributed by atoms with Crippen LogP contribution in [-0.4, -0.2) is 30.6 Å². The standard InChI is InChI=1S/C22H27FN2O/c23-21-13-11-19(12-14-21)20-10-4-5-16-25(17-20)22(26)24-15-6-9-18-7-2-1-3-8-18/h1-3,7-8,11-14,20H,4-6,9-10,15-17H2,(H,24,26). The number of rotatable bonds is 5. The molecule has 1 aliphatic rings. The first-order valence-corrected chi connectivity index (χ1v) is 9.54. The van der Waals surface area contributed by atoms with Crippen LogP contribution in [-0.2, 0) is 6.42 Å². The van der Waals surface area contributed by atoms with Crippen molar-refractivity contribution in [2.45, 2.75) is 38.0 Å². The third kappa shape index (κ3) is 5.32. The van der Waals surface area contributed by atoms with E-state index in [1.54, 1.807) is 0 Å². The molecule has 0 spiro atoms. The van der Waals surface area contributed by atoms with Crippen LogP contribution in [0.4, 0.5) is 9.18 Å². The van der Waals surface area contributed by atoms with Crippen LogP contribution in [0.2, 0.25) is 0 Å². The molecule has 0 radical (unpaired) electrons. The first kappa shape index (κ1) is 18.4. The summed E-state index contributed by atoms with van der Waals surface area (Å²) in [7, 11) is 0. The van der Waals surface area contributed by atoms with Gasteiger partial charge in [-0.2, -0.15) is 0 Å². The van der Waals surface area contributed by atoms with Crippen LogP contribution in [0.1, 0.15) is 42.7 Å². The number of amides is 2. The van der Waals surface area contributed by atoms with Crippen LogP contribution in [0.3, 0.4) is 0 Å².